The molecule has 1 atom stereocenters. The smallest absolute Gasteiger partial charge is 0.336 e. The number of para-hydroxylation sites is 2. The molecule has 0 aliphatic heterocycles. The number of H-pyrrole nitrogens is 1. The number of aromatic nitrogens is 2. The van der Waals surface area contributed by atoms with Gasteiger partial charge >= 0.3 is 5.97 Å². The number of carbonyl (C=O) groups is 2. The highest BCUT2D eigenvalue weighted by molar-refractivity contribution is 6.34. The molecule has 1 aromatic heterocycles. The zero-order valence-corrected chi connectivity index (χ0v) is 22.6. The van der Waals surface area contributed by atoms with Crippen molar-refractivity contribution in [3.63, 3.8) is 0 Å². The lowest BCUT2D eigenvalue weighted by Crippen LogP contribution is -2.29. The van der Waals surface area contributed by atoms with E-state index in [9.17, 15) is 14.7 Å². The maximum Gasteiger partial charge on any atom is 0.336 e. The lowest BCUT2D eigenvalue weighted by Gasteiger charge is -2.20. The Morgan fingerprint density at radius 2 is 1.67 bits per heavy atom. The molecule has 5 rings (SSSR count). The molecule has 0 radical (unpaired) electrons. The van der Waals surface area contributed by atoms with Crippen LogP contribution in [0.3, 0.4) is 0 Å². The highest BCUT2D eigenvalue weighted by Crippen LogP contribution is 2.39. The third-order valence-corrected chi connectivity index (χ3v) is 7.26. The molecule has 1 heterocycles. The third kappa shape index (κ3) is 5.39. The number of imidazole rings is 1. The molecule has 196 valence electrons. The lowest BCUT2D eigenvalue weighted by atomic mass is 9.93. The van der Waals surface area contributed by atoms with Gasteiger partial charge in [0.1, 0.15) is 5.82 Å². The quantitative estimate of drug-likeness (QED) is 0.179. The maximum absolute atomic E-state index is 13.3. The molecule has 0 bridgehead atoms. The van der Waals surface area contributed by atoms with Crippen molar-refractivity contribution in [1.82, 2.24) is 15.3 Å². The van der Waals surface area contributed by atoms with Crippen molar-refractivity contribution >= 4 is 46.1 Å². The van der Waals surface area contributed by atoms with Crippen LogP contribution in [-0.2, 0) is 0 Å². The largest absolute Gasteiger partial charge is 0.478 e. The van der Waals surface area contributed by atoms with E-state index in [-0.39, 0.29) is 23.1 Å². The van der Waals surface area contributed by atoms with Crippen molar-refractivity contribution in [3.05, 3.63) is 112 Å². The van der Waals surface area contributed by atoms with Crippen LogP contribution in [0.2, 0.25) is 10.0 Å². The molecule has 0 saturated heterocycles. The summed E-state index contributed by atoms with van der Waals surface area (Å²) < 4.78 is 0. The van der Waals surface area contributed by atoms with E-state index in [1.54, 1.807) is 30.3 Å². The van der Waals surface area contributed by atoms with Crippen molar-refractivity contribution < 1.29 is 14.7 Å². The number of aromatic carboxylic acids is 1. The fourth-order valence-corrected chi connectivity index (χ4v) is 5.29. The van der Waals surface area contributed by atoms with Gasteiger partial charge in [-0.25, -0.2) is 9.78 Å². The van der Waals surface area contributed by atoms with Gasteiger partial charge in [-0.1, -0.05) is 85.1 Å². The molecule has 0 fully saturated rings. The van der Waals surface area contributed by atoms with E-state index < -0.39 is 5.97 Å². The summed E-state index contributed by atoms with van der Waals surface area (Å²) in [7, 11) is 0. The Hall–Kier alpha value is -4.13. The topological polar surface area (TPSA) is 95.1 Å². The number of carboxylic acid groups (broad SMARTS) is 1. The van der Waals surface area contributed by atoms with Crippen LogP contribution in [0.1, 0.15) is 52.1 Å². The molecule has 0 aliphatic carbocycles. The van der Waals surface area contributed by atoms with Gasteiger partial charge in [0.05, 0.1) is 22.6 Å². The van der Waals surface area contributed by atoms with Gasteiger partial charge in [-0.3, -0.25) is 4.79 Å². The Kier molecular flexibility index (Phi) is 7.68. The summed E-state index contributed by atoms with van der Waals surface area (Å²) in [6.45, 7) is 2.02. The number of fused-ring (bicyclic) bond motifs is 1. The van der Waals surface area contributed by atoms with Crippen LogP contribution in [0.25, 0.3) is 33.5 Å². The number of halogens is 2. The van der Waals surface area contributed by atoms with Gasteiger partial charge in [-0.05, 0) is 53.9 Å². The van der Waals surface area contributed by atoms with Gasteiger partial charge in [0, 0.05) is 26.7 Å². The third-order valence-electron chi connectivity index (χ3n) is 6.60. The fraction of sp³-hybridized carbons (Fsp3) is 0.129. The molecule has 39 heavy (non-hydrogen) atoms. The average molecular weight is 558 g/mol. The molecule has 5 aromatic rings. The molecule has 8 heteroatoms. The molecule has 1 unspecified atom stereocenters. The summed E-state index contributed by atoms with van der Waals surface area (Å²) in [5, 5.41) is 14.1. The zero-order valence-electron chi connectivity index (χ0n) is 21.0. The first-order valence-electron chi connectivity index (χ1n) is 12.5. The Balaban J connectivity index is 1.55. The Labute approximate surface area is 235 Å². The molecule has 1 amide bonds. The average Bonchev–Trinajstić information content (AvgIpc) is 3.37. The second kappa shape index (κ2) is 11.3. The minimum absolute atomic E-state index is 0.0436. The molecule has 0 saturated carbocycles. The van der Waals surface area contributed by atoms with Crippen molar-refractivity contribution in [2.24, 2.45) is 0 Å². The van der Waals surface area contributed by atoms with Gasteiger partial charge in [0.2, 0.25) is 0 Å². The predicted molar refractivity (Wildman–Crippen MR) is 156 cm³/mol. The molecule has 3 N–H and O–H groups in total. The van der Waals surface area contributed by atoms with Gasteiger partial charge < -0.3 is 15.4 Å². The van der Waals surface area contributed by atoms with E-state index in [4.69, 9.17) is 23.2 Å². The number of aromatic amines is 1. The number of carboxylic acids is 1. The number of benzene rings is 4. The minimum Gasteiger partial charge on any atom is -0.478 e. The van der Waals surface area contributed by atoms with Crippen LogP contribution in [0.15, 0.2) is 84.9 Å². The number of hydrogen-bond donors (Lipinski definition) is 3. The highest BCUT2D eigenvalue weighted by atomic mass is 35.5. The van der Waals surface area contributed by atoms with E-state index in [1.807, 2.05) is 55.5 Å². The number of rotatable bonds is 8. The van der Waals surface area contributed by atoms with Crippen LogP contribution in [0.5, 0.6) is 0 Å². The molecule has 4 aromatic carbocycles. The van der Waals surface area contributed by atoms with Crippen molar-refractivity contribution in [2.45, 2.75) is 25.8 Å². The summed E-state index contributed by atoms with van der Waals surface area (Å²) in [4.78, 5) is 33.7. The Morgan fingerprint density at radius 1 is 0.923 bits per heavy atom. The van der Waals surface area contributed by atoms with Crippen LogP contribution < -0.4 is 5.32 Å². The summed E-state index contributed by atoms with van der Waals surface area (Å²) in [6, 6.07) is 24.6. The van der Waals surface area contributed by atoms with Crippen molar-refractivity contribution in [1.29, 1.82) is 0 Å². The second-order valence-electron chi connectivity index (χ2n) is 9.17. The number of carbonyl (C=O) groups excluding carboxylic acids is 1. The van der Waals surface area contributed by atoms with Gasteiger partial charge in [-0.15, -0.1) is 0 Å². The number of amides is 1. The van der Waals surface area contributed by atoms with E-state index in [0.717, 1.165) is 23.0 Å². The molecule has 6 nitrogen and oxygen atoms in total. The van der Waals surface area contributed by atoms with Crippen molar-refractivity contribution in [3.8, 4) is 22.5 Å². The van der Waals surface area contributed by atoms with Crippen LogP contribution >= 0.6 is 23.2 Å². The lowest BCUT2D eigenvalue weighted by molar-refractivity contribution is 0.0697. The van der Waals surface area contributed by atoms with E-state index in [1.165, 1.54) is 6.07 Å². The van der Waals surface area contributed by atoms with Gasteiger partial charge in [0.25, 0.3) is 5.91 Å². The predicted octanol–water partition coefficient (Wildman–Crippen LogP) is 8.17. The SMILES string of the molecule is CCCC(NC(=O)c1ccc(-c2c(Cl)cccc2-c2nc3ccccc3[nH]2)c(C(=O)O)c1)c1ccccc1Cl. The van der Waals surface area contributed by atoms with E-state index in [0.29, 0.717) is 39.0 Å². The first kappa shape index (κ1) is 26.5. The van der Waals surface area contributed by atoms with Crippen LogP contribution in [0, 0.1) is 0 Å². The molecule has 0 spiro atoms. The number of nitrogens with one attached hydrogen (secondary N) is 2. The summed E-state index contributed by atoms with van der Waals surface area (Å²) in [6.07, 6.45) is 1.51. The van der Waals surface area contributed by atoms with E-state index >= 15 is 0 Å². The standard InChI is InChI=1S/C31H25Cl2N3O3/c1-2-8-25(20-9-3-4-11-23(20)32)36-30(37)18-15-16-19(22(17-18)31(38)39)28-21(10-7-12-24(28)33)29-34-26-13-5-6-14-27(26)35-29/h3-7,9-17,25H,2,8H2,1H3,(H,34,35)(H,36,37)(H,38,39). The van der Waals surface area contributed by atoms with Gasteiger partial charge in [-0.2, -0.15) is 0 Å². The Bertz CT molecular complexity index is 1660. The summed E-state index contributed by atoms with van der Waals surface area (Å²) in [5.74, 6) is -1.00. The summed E-state index contributed by atoms with van der Waals surface area (Å²) in [5.41, 5.74) is 4.18. The minimum atomic E-state index is -1.17. The molecule has 0 aliphatic rings. The normalized spacial score (nSPS) is 11.9. The summed E-state index contributed by atoms with van der Waals surface area (Å²) >= 11 is 13.0. The molecular formula is C31H25Cl2N3O3. The Morgan fingerprint density at radius 3 is 2.41 bits per heavy atom. The fourth-order valence-electron chi connectivity index (χ4n) is 4.75. The maximum atomic E-state index is 13.3. The number of nitrogens with zero attached hydrogens (tertiary/aromatic N) is 1. The zero-order chi connectivity index (χ0) is 27.5. The first-order chi connectivity index (χ1) is 18.9. The highest BCUT2D eigenvalue weighted by Gasteiger charge is 2.23. The van der Waals surface area contributed by atoms with Crippen LogP contribution in [-0.4, -0.2) is 27.0 Å². The number of hydrogen-bond acceptors (Lipinski definition) is 3. The first-order valence-corrected chi connectivity index (χ1v) is 13.3. The second-order valence-corrected chi connectivity index (χ2v) is 9.98. The van der Waals surface area contributed by atoms with Gasteiger partial charge in [0.15, 0.2) is 0 Å². The molecular weight excluding hydrogens is 533 g/mol. The van der Waals surface area contributed by atoms with Crippen LogP contribution in [0.4, 0.5) is 0 Å². The monoisotopic (exact) mass is 557 g/mol. The van der Waals surface area contributed by atoms with E-state index in [2.05, 4.69) is 15.3 Å². The van der Waals surface area contributed by atoms with Crippen molar-refractivity contribution in [2.75, 3.05) is 0 Å².